The number of nitrogens with zero attached hydrogens (tertiary/aromatic N) is 2. The van der Waals surface area contributed by atoms with E-state index in [1.807, 2.05) is 36.6 Å². The number of benzene rings is 2. The van der Waals surface area contributed by atoms with E-state index in [4.69, 9.17) is 10.5 Å². The first kappa shape index (κ1) is 13.4. The zero-order chi connectivity index (χ0) is 15.1. The van der Waals surface area contributed by atoms with Gasteiger partial charge in [0.25, 0.3) is 0 Å². The van der Waals surface area contributed by atoms with Gasteiger partial charge >= 0.3 is 0 Å². The molecule has 0 saturated heterocycles. The van der Waals surface area contributed by atoms with Gasteiger partial charge in [-0.05, 0) is 31.0 Å². The van der Waals surface area contributed by atoms with E-state index in [0.717, 1.165) is 22.3 Å². The fourth-order valence-electron chi connectivity index (χ4n) is 2.47. The van der Waals surface area contributed by atoms with Gasteiger partial charge in [-0.1, -0.05) is 12.1 Å². The minimum absolute atomic E-state index is 0.175. The van der Waals surface area contributed by atoms with Gasteiger partial charge in [-0.15, -0.1) is 0 Å². The second-order valence-corrected chi connectivity index (χ2v) is 5.07. The molecule has 108 valence electrons. The lowest BCUT2D eigenvalue weighted by Gasteiger charge is -2.11. The van der Waals surface area contributed by atoms with Crippen LogP contribution in [0.15, 0.2) is 30.3 Å². The van der Waals surface area contributed by atoms with Crippen LogP contribution in [0.2, 0.25) is 0 Å². The highest BCUT2D eigenvalue weighted by Gasteiger charge is 2.15. The lowest BCUT2D eigenvalue weighted by atomic mass is 10.1. The van der Waals surface area contributed by atoms with E-state index < -0.39 is 5.82 Å². The molecule has 0 aliphatic heterocycles. The zero-order valence-corrected chi connectivity index (χ0v) is 12.1. The van der Waals surface area contributed by atoms with E-state index in [2.05, 4.69) is 4.98 Å². The van der Waals surface area contributed by atoms with Crippen molar-refractivity contribution < 1.29 is 9.13 Å². The van der Waals surface area contributed by atoms with Crippen LogP contribution in [0.25, 0.3) is 16.7 Å². The average Bonchev–Trinajstić information content (AvgIpc) is 2.75. The van der Waals surface area contributed by atoms with Gasteiger partial charge in [0.2, 0.25) is 5.95 Å². The molecule has 0 unspecified atom stereocenters. The highest BCUT2D eigenvalue weighted by atomic mass is 19.1. The Hall–Kier alpha value is -2.56. The third kappa shape index (κ3) is 2.11. The summed E-state index contributed by atoms with van der Waals surface area (Å²) in [6.07, 6.45) is 0. The largest absolute Gasteiger partial charge is 0.494 e. The number of hydrogen-bond donors (Lipinski definition) is 1. The minimum atomic E-state index is -0.449. The summed E-state index contributed by atoms with van der Waals surface area (Å²) in [5.41, 5.74) is 10.4. The molecule has 4 nitrogen and oxygen atoms in total. The molecule has 1 heterocycles. The molecule has 0 spiro atoms. The number of nitrogens with two attached hydrogens (primary N) is 1. The first-order chi connectivity index (χ1) is 10.0. The monoisotopic (exact) mass is 285 g/mol. The fraction of sp³-hybridized carbons (Fsp3) is 0.188. The van der Waals surface area contributed by atoms with Crippen LogP contribution in [0, 0.1) is 19.7 Å². The Morgan fingerprint density at radius 3 is 2.67 bits per heavy atom. The van der Waals surface area contributed by atoms with Crippen LogP contribution in [-0.2, 0) is 0 Å². The molecule has 0 saturated carbocycles. The standard InChI is InChI=1S/C16H16FN3O/c1-9-4-5-10(2)13(6-9)20-14-8-15(21-3)11(17)7-12(14)19-16(20)18/h4-8H,1-3H3,(H2,18,19). The molecule has 0 fully saturated rings. The minimum Gasteiger partial charge on any atom is -0.494 e. The summed E-state index contributed by atoms with van der Waals surface area (Å²) in [7, 11) is 1.44. The van der Waals surface area contributed by atoms with Gasteiger partial charge in [0.1, 0.15) is 0 Å². The summed E-state index contributed by atoms with van der Waals surface area (Å²) in [6.45, 7) is 4.01. The number of fused-ring (bicyclic) bond motifs is 1. The van der Waals surface area contributed by atoms with Crippen LogP contribution in [0.1, 0.15) is 11.1 Å². The van der Waals surface area contributed by atoms with Gasteiger partial charge in [0.15, 0.2) is 11.6 Å². The Bertz CT molecular complexity index is 839. The molecular weight excluding hydrogens is 269 g/mol. The van der Waals surface area contributed by atoms with Crippen molar-refractivity contribution in [2.75, 3.05) is 12.8 Å². The lowest BCUT2D eigenvalue weighted by Crippen LogP contribution is -2.03. The lowest BCUT2D eigenvalue weighted by molar-refractivity contribution is 0.387. The van der Waals surface area contributed by atoms with E-state index in [9.17, 15) is 4.39 Å². The van der Waals surface area contributed by atoms with Gasteiger partial charge in [-0.3, -0.25) is 4.57 Å². The number of aromatic nitrogens is 2. The van der Waals surface area contributed by atoms with Crippen LogP contribution < -0.4 is 10.5 Å². The topological polar surface area (TPSA) is 53.1 Å². The molecule has 2 N–H and O–H groups in total. The second kappa shape index (κ2) is 4.77. The fourth-order valence-corrected chi connectivity index (χ4v) is 2.47. The molecule has 3 rings (SSSR count). The molecule has 0 atom stereocenters. The first-order valence-corrected chi connectivity index (χ1v) is 6.60. The highest BCUT2D eigenvalue weighted by Crippen LogP contribution is 2.30. The third-order valence-corrected chi connectivity index (χ3v) is 3.56. The van der Waals surface area contributed by atoms with Gasteiger partial charge < -0.3 is 10.5 Å². The molecule has 2 aromatic carbocycles. The van der Waals surface area contributed by atoms with E-state index >= 15 is 0 Å². The first-order valence-electron chi connectivity index (χ1n) is 6.60. The van der Waals surface area contributed by atoms with Crippen molar-refractivity contribution in [2.24, 2.45) is 0 Å². The summed E-state index contributed by atoms with van der Waals surface area (Å²) in [5.74, 6) is 0.0518. The molecular formula is C16H16FN3O. The van der Waals surface area contributed by atoms with Crippen molar-refractivity contribution in [1.82, 2.24) is 9.55 Å². The summed E-state index contributed by atoms with van der Waals surface area (Å²) in [5, 5.41) is 0. The quantitative estimate of drug-likeness (QED) is 0.785. The van der Waals surface area contributed by atoms with Crippen molar-refractivity contribution >= 4 is 17.0 Å². The molecule has 0 bridgehead atoms. The zero-order valence-electron chi connectivity index (χ0n) is 12.1. The van der Waals surface area contributed by atoms with E-state index in [-0.39, 0.29) is 5.75 Å². The van der Waals surface area contributed by atoms with E-state index in [1.165, 1.54) is 13.2 Å². The summed E-state index contributed by atoms with van der Waals surface area (Å²) >= 11 is 0. The van der Waals surface area contributed by atoms with Gasteiger partial charge in [0, 0.05) is 12.1 Å². The van der Waals surface area contributed by atoms with Gasteiger partial charge in [-0.25, -0.2) is 9.37 Å². The predicted octanol–water partition coefficient (Wildman–Crippen LogP) is 3.37. The van der Waals surface area contributed by atoms with Crippen molar-refractivity contribution in [1.29, 1.82) is 0 Å². The van der Waals surface area contributed by atoms with Crippen LogP contribution in [0.3, 0.4) is 0 Å². The smallest absolute Gasteiger partial charge is 0.205 e. The molecule has 21 heavy (non-hydrogen) atoms. The molecule has 1 aromatic heterocycles. The van der Waals surface area contributed by atoms with Crippen molar-refractivity contribution in [3.8, 4) is 11.4 Å². The van der Waals surface area contributed by atoms with E-state index in [0.29, 0.717) is 11.5 Å². The number of anilines is 1. The van der Waals surface area contributed by atoms with Crippen molar-refractivity contribution in [2.45, 2.75) is 13.8 Å². The molecule has 0 aliphatic carbocycles. The second-order valence-electron chi connectivity index (χ2n) is 5.07. The summed E-state index contributed by atoms with van der Waals surface area (Å²) in [4.78, 5) is 4.24. The predicted molar refractivity (Wildman–Crippen MR) is 81.5 cm³/mol. The normalized spacial score (nSPS) is 11.0. The molecule has 3 aromatic rings. The van der Waals surface area contributed by atoms with Crippen LogP contribution in [0.4, 0.5) is 10.3 Å². The van der Waals surface area contributed by atoms with Gasteiger partial charge in [0.05, 0.1) is 23.8 Å². The number of imidazole rings is 1. The number of halogens is 1. The molecule has 0 aliphatic rings. The van der Waals surface area contributed by atoms with Crippen LogP contribution in [0.5, 0.6) is 5.75 Å². The third-order valence-electron chi connectivity index (χ3n) is 3.56. The number of rotatable bonds is 2. The molecule has 0 radical (unpaired) electrons. The Labute approximate surface area is 122 Å². The number of ether oxygens (including phenoxy) is 1. The maximum absolute atomic E-state index is 13.8. The number of nitrogen functional groups attached to an aromatic ring is 1. The van der Waals surface area contributed by atoms with Crippen molar-refractivity contribution in [3.05, 3.63) is 47.3 Å². The maximum atomic E-state index is 13.8. The molecule has 0 amide bonds. The Morgan fingerprint density at radius 1 is 1.19 bits per heavy atom. The summed E-state index contributed by atoms with van der Waals surface area (Å²) < 4.78 is 20.7. The highest BCUT2D eigenvalue weighted by molar-refractivity contribution is 5.83. The number of aryl methyl sites for hydroxylation is 2. The summed E-state index contributed by atoms with van der Waals surface area (Å²) in [6, 6.07) is 9.05. The number of methoxy groups -OCH3 is 1. The Kier molecular flexibility index (Phi) is 3.05. The van der Waals surface area contributed by atoms with Gasteiger partial charge in [-0.2, -0.15) is 0 Å². The molecule has 5 heteroatoms. The maximum Gasteiger partial charge on any atom is 0.205 e. The Balaban J connectivity index is 2.36. The average molecular weight is 285 g/mol. The van der Waals surface area contributed by atoms with Crippen LogP contribution >= 0.6 is 0 Å². The van der Waals surface area contributed by atoms with Crippen LogP contribution in [-0.4, -0.2) is 16.7 Å². The SMILES string of the molecule is COc1cc2c(cc1F)nc(N)n2-c1cc(C)ccc1C. The van der Waals surface area contributed by atoms with E-state index in [1.54, 1.807) is 6.07 Å². The van der Waals surface area contributed by atoms with Crippen molar-refractivity contribution in [3.63, 3.8) is 0 Å². The number of hydrogen-bond acceptors (Lipinski definition) is 3. The Morgan fingerprint density at radius 2 is 1.95 bits per heavy atom.